The van der Waals surface area contributed by atoms with Gasteiger partial charge in [0.2, 0.25) is 0 Å². The van der Waals surface area contributed by atoms with E-state index in [-0.39, 0.29) is 5.82 Å². The number of rotatable bonds is 5. The normalized spacial score (nSPS) is 20.2. The van der Waals surface area contributed by atoms with Gasteiger partial charge in [-0.3, -0.25) is 4.90 Å². The van der Waals surface area contributed by atoms with Gasteiger partial charge in [-0.1, -0.05) is 32.4 Å². The molecule has 0 saturated carbocycles. The van der Waals surface area contributed by atoms with Crippen LogP contribution in [0.1, 0.15) is 38.3 Å². The molecule has 1 heterocycles. The van der Waals surface area contributed by atoms with E-state index < -0.39 is 0 Å². The Balaban J connectivity index is 2.19. The zero-order valence-corrected chi connectivity index (χ0v) is 12.0. The van der Waals surface area contributed by atoms with Crippen LogP contribution in [-0.2, 0) is 0 Å². The van der Waals surface area contributed by atoms with E-state index >= 15 is 0 Å². The Morgan fingerprint density at radius 2 is 1.84 bits per heavy atom. The molecule has 0 radical (unpaired) electrons. The second-order valence-electron chi connectivity index (χ2n) is 5.55. The van der Waals surface area contributed by atoms with Crippen molar-refractivity contribution in [1.29, 1.82) is 0 Å². The molecule has 2 rings (SSSR count). The van der Waals surface area contributed by atoms with E-state index in [0.29, 0.717) is 12.0 Å². The van der Waals surface area contributed by atoms with Crippen LogP contribution in [0.5, 0.6) is 0 Å². The van der Waals surface area contributed by atoms with Crippen molar-refractivity contribution in [2.24, 2.45) is 5.92 Å². The fraction of sp³-hybridized carbons (Fsp3) is 0.625. The lowest BCUT2D eigenvalue weighted by molar-refractivity contribution is 0.126. The minimum atomic E-state index is -0.147. The van der Waals surface area contributed by atoms with Gasteiger partial charge in [-0.15, -0.1) is 0 Å². The molecule has 0 spiro atoms. The molecule has 2 nitrogen and oxygen atoms in total. The number of nitrogens with one attached hydrogen (secondary N) is 1. The quantitative estimate of drug-likeness (QED) is 0.878. The zero-order valence-electron chi connectivity index (χ0n) is 12.0. The highest BCUT2D eigenvalue weighted by molar-refractivity contribution is 5.21. The predicted octanol–water partition coefficient (Wildman–Crippen LogP) is 3.21. The van der Waals surface area contributed by atoms with Gasteiger partial charge in [0.15, 0.2) is 0 Å². The van der Waals surface area contributed by atoms with E-state index in [1.165, 1.54) is 18.4 Å². The number of nitrogens with zero attached hydrogens (tertiary/aromatic N) is 1. The first-order valence-corrected chi connectivity index (χ1v) is 7.42. The number of piperazine rings is 1. The lowest BCUT2D eigenvalue weighted by atomic mass is 9.89. The third kappa shape index (κ3) is 3.77. The standard InChI is InChI=1S/C16H25FN2/c1-3-4-13(2)16(19-11-9-18-10-12-19)14-5-7-15(17)8-6-14/h5-8,13,16,18H,3-4,9-12H2,1-2H3/t13?,16-/m1/s1. The van der Waals surface area contributed by atoms with E-state index in [1.54, 1.807) is 12.1 Å². The Bertz CT molecular complexity index is 371. The molecule has 1 aliphatic rings. The summed E-state index contributed by atoms with van der Waals surface area (Å²) < 4.78 is 13.1. The first-order valence-electron chi connectivity index (χ1n) is 7.42. The van der Waals surface area contributed by atoms with Gasteiger partial charge >= 0.3 is 0 Å². The van der Waals surface area contributed by atoms with Crippen LogP contribution >= 0.6 is 0 Å². The lowest BCUT2D eigenvalue weighted by Crippen LogP contribution is -2.46. The summed E-state index contributed by atoms with van der Waals surface area (Å²) in [5.41, 5.74) is 1.25. The Kier molecular flexibility index (Phi) is 5.34. The highest BCUT2D eigenvalue weighted by atomic mass is 19.1. The van der Waals surface area contributed by atoms with Gasteiger partial charge in [-0.2, -0.15) is 0 Å². The maximum absolute atomic E-state index is 13.1. The van der Waals surface area contributed by atoms with Gasteiger partial charge in [-0.05, 0) is 30.0 Å². The molecule has 1 unspecified atom stereocenters. The summed E-state index contributed by atoms with van der Waals surface area (Å²) in [6, 6.07) is 7.50. The molecule has 1 aliphatic heterocycles. The van der Waals surface area contributed by atoms with Crippen molar-refractivity contribution < 1.29 is 4.39 Å². The number of hydrogen-bond acceptors (Lipinski definition) is 2. The molecular weight excluding hydrogens is 239 g/mol. The van der Waals surface area contributed by atoms with Crippen LogP contribution in [0.4, 0.5) is 4.39 Å². The van der Waals surface area contributed by atoms with Crippen LogP contribution in [-0.4, -0.2) is 31.1 Å². The number of halogens is 1. The Morgan fingerprint density at radius 3 is 2.42 bits per heavy atom. The molecule has 2 atom stereocenters. The monoisotopic (exact) mass is 264 g/mol. The van der Waals surface area contributed by atoms with Crippen LogP contribution in [0.25, 0.3) is 0 Å². The van der Waals surface area contributed by atoms with E-state index in [4.69, 9.17) is 0 Å². The summed E-state index contributed by atoms with van der Waals surface area (Å²) in [6.07, 6.45) is 2.41. The molecule has 1 N–H and O–H groups in total. The summed E-state index contributed by atoms with van der Waals surface area (Å²) in [6.45, 7) is 8.81. The largest absolute Gasteiger partial charge is 0.314 e. The maximum atomic E-state index is 13.1. The van der Waals surface area contributed by atoms with Crippen molar-refractivity contribution in [2.45, 2.75) is 32.7 Å². The smallest absolute Gasteiger partial charge is 0.123 e. The molecule has 1 fully saturated rings. The molecule has 1 aromatic carbocycles. The highest BCUT2D eigenvalue weighted by Crippen LogP contribution is 2.31. The molecule has 1 saturated heterocycles. The van der Waals surface area contributed by atoms with Crippen molar-refractivity contribution in [3.05, 3.63) is 35.6 Å². The Labute approximate surface area is 116 Å². The number of benzene rings is 1. The minimum Gasteiger partial charge on any atom is -0.314 e. The van der Waals surface area contributed by atoms with Gasteiger partial charge in [0.1, 0.15) is 5.82 Å². The fourth-order valence-electron chi connectivity index (χ4n) is 3.13. The fourth-order valence-corrected chi connectivity index (χ4v) is 3.13. The van der Waals surface area contributed by atoms with Gasteiger partial charge in [-0.25, -0.2) is 4.39 Å². The molecule has 106 valence electrons. The van der Waals surface area contributed by atoms with Crippen molar-refractivity contribution in [1.82, 2.24) is 10.2 Å². The van der Waals surface area contributed by atoms with Crippen molar-refractivity contribution in [3.8, 4) is 0 Å². The predicted molar refractivity (Wildman–Crippen MR) is 77.7 cm³/mol. The van der Waals surface area contributed by atoms with Gasteiger partial charge in [0.05, 0.1) is 0 Å². The van der Waals surface area contributed by atoms with Crippen molar-refractivity contribution >= 4 is 0 Å². The second kappa shape index (κ2) is 7.01. The average molecular weight is 264 g/mol. The first kappa shape index (κ1) is 14.5. The minimum absolute atomic E-state index is 0.147. The van der Waals surface area contributed by atoms with Crippen LogP contribution < -0.4 is 5.32 Å². The molecular formula is C16H25FN2. The maximum Gasteiger partial charge on any atom is 0.123 e. The van der Waals surface area contributed by atoms with Crippen LogP contribution in [0.2, 0.25) is 0 Å². The van der Waals surface area contributed by atoms with Crippen LogP contribution in [0.15, 0.2) is 24.3 Å². The molecule has 0 aromatic heterocycles. The van der Waals surface area contributed by atoms with Crippen molar-refractivity contribution in [2.75, 3.05) is 26.2 Å². The third-order valence-corrected chi connectivity index (χ3v) is 4.04. The van der Waals surface area contributed by atoms with Gasteiger partial charge in [0, 0.05) is 32.2 Å². The average Bonchev–Trinajstić information content (AvgIpc) is 2.43. The van der Waals surface area contributed by atoms with Gasteiger partial charge < -0.3 is 5.32 Å². The zero-order chi connectivity index (χ0) is 13.7. The van der Waals surface area contributed by atoms with Gasteiger partial charge in [0.25, 0.3) is 0 Å². The Hall–Kier alpha value is -0.930. The van der Waals surface area contributed by atoms with E-state index in [1.807, 2.05) is 12.1 Å². The second-order valence-corrected chi connectivity index (χ2v) is 5.55. The van der Waals surface area contributed by atoms with Crippen molar-refractivity contribution in [3.63, 3.8) is 0 Å². The summed E-state index contributed by atoms with van der Waals surface area (Å²) in [7, 11) is 0. The Morgan fingerprint density at radius 1 is 1.21 bits per heavy atom. The SMILES string of the molecule is CCCC(C)[C@H](c1ccc(F)cc1)N1CCNCC1. The van der Waals surface area contributed by atoms with E-state index in [9.17, 15) is 4.39 Å². The topological polar surface area (TPSA) is 15.3 Å². The van der Waals surface area contributed by atoms with Crippen LogP contribution in [0, 0.1) is 11.7 Å². The summed E-state index contributed by atoms with van der Waals surface area (Å²) in [5, 5.41) is 3.40. The lowest BCUT2D eigenvalue weighted by Gasteiger charge is -2.38. The van der Waals surface area contributed by atoms with Crippen LogP contribution in [0.3, 0.4) is 0 Å². The highest BCUT2D eigenvalue weighted by Gasteiger charge is 2.26. The summed E-state index contributed by atoms with van der Waals surface area (Å²) in [4.78, 5) is 2.55. The molecule has 3 heteroatoms. The molecule has 0 aliphatic carbocycles. The molecule has 19 heavy (non-hydrogen) atoms. The third-order valence-electron chi connectivity index (χ3n) is 4.04. The van der Waals surface area contributed by atoms with E-state index in [2.05, 4.69) is 24.1 Å². The summed E-state index contributed by atoms with van der Waals surface area (Å²) >= 11 is 0. The molecule has 1 aromatic rings. The molecule has 0 amide bonds. The number of hydrogen-bond donors (Lipinski definition) is 1. The summed E-state index contributed by atoms with van der Waals surface area (Å²) in [5.74, 6) is 0.458. The first-order chi connectivity index (χ1) is 9.22. The molecule has 0 bridgehead atoms. The van der Waals surface area contributed by atoms with E-state index in [0.717, 1.165) is 26.2 Å².